The van der Waals surface area contributed by atoms with Crippen LogP contribution in [0, 0.1) is 5.92 Å². The topological polar surface area (TPSA) is 44.2 Å². The maximum absolute atomic E-state index is 6.13. The standard InChI is InChI=1S/C20H22N2O2S/c1-13-3-8-16-17(11-13)25-20-18(16)19(21-12-22-20)24-15-6-4-14(5-7-15)9-10-23-2/h4-7,12-13H,3,8-11H2,1-2H3. The van der Waals surface area contributed by atoms with Gasteiger partial charge in [-0.1, -0.05) is 19.1 Å². The lowest BCUT2D eigenvalue weighted by Gasteiger charge is -2.18. The minimum atomic E-state index is 0.682. The summed E-state index contributed by atoms with van der Waals surface area (Å²) in [5.41, 5.74) is 2.63. The van der Waals surface area contributed by atoms with Crippen LogP contribution in [-0.2, 0) is 24.0 Å². The molecule has 2 aromatic heterocycles. The molecule has 0 radical (unpaired) electrons. The molecule has 1 aliphatic carbocycles. The summed E-state index contributed by atoms with van der Waals surface area (Å²) in [6.45, 7) is 3.05. The fraction of sp³-hybridized carbons (Fsp3) is 0.400. The molecule has 0 fully saturated rings. The van der Waals surface area contributed by atoms with E-state index in [1.807, 2.05) is 12.1 Å². The molecule has 0 saturated carbocycles. The first-order chi connectivity index (χ1) is 12.2. The highest BCUT2D eigenvalue weighted by Crippen LogP contribution is 2.41. The van der Waals surface area contributed by atoms with E-state index in [-0.39, 0.29) is 0 Å². The first kappa shape index (κ1) is 16.5. The number of methoxy groups -OCH3 is 1. The van der Waals surface area contributed by atoms with Gasteiger partial charge in [0.2, 0.25) is 5.88 Å². The molecule has 25 heavy (non-hydrogen) atoms. The van der Waals surface area contributed by atoms with Crippen LogP contribution < -0.4 is 4.74 Å². The number of hydrogen-bond donors (Lipinski definition) is 0. The predicted molar refractivity (Wildman–Crippen MR) is 101 cm³/mol. The van der Waals surface area contributed by atoms with Crippen LogP contribution >= 0.6 is 11.3 Å². The van der Waals surface area contributed by atoms with Gasteiger partial charge in [0.05, 0.1) is 12.0 Å². The highest BCUT2D eigenvalue weighted by molar-refractivity contribution is 7.18. The Labute approximate surface area is 151 Å². The Morgan fingerprint density at radius 2 is 2.04 bits per heavy atom. The van der Waals surface area contributed by atoms with Gasteiger partial charge in [0.25, 0.3) is 0 Å². The Balaban J connectivity index is 1.63. The Kier molecular flexibility index (Phi) is 4.68. The van der Waals surface area contributed by atoms with Crippen molar-refractivity contribution in [3.8, 4) is 11.6 Å². The number of aryl methyl sites for hydroxylation is 1. The number of aromatic nitrogens is 2. The molecule has 5 heteroatoms. The number of nitrogens with zero attached hydrogens (tertiary/aromatic N) is 2. The normalized spacial score (nSPS) is 16.8. The van der Waals surface area contributed by atoms with Crippen LogP contribution in [0.5, 0.6) is 11.6 Å². The first-order valence-electron chi connectivity index (χ1n) is 8.75. The van der Waals surface area contributed by atoms with Crippen molar-refractivity contribution in [2.75, 3.05) is 13.7 Å². The Morgan fingerprint density at radius 3 is 2.84 bits per heavy atom. The molecule has 1 aromatic carbocycles. The lowest BCUT2D eigenvalue weighted by atomic mass is 9.89. The van der Waals surface area contributed by atoms with Gasteiger partial charge >= 0.3 is 0 Å². The van der Waals surface area contributed by atoms with Crippen molar-refractivity contribution in [1.29, 1.82) is 0 Å². The van der Waals surface area contributed by atoms with Crippen LogP contribution in [0.2, 0.25) is 0 Å². The molecule has 0 N–H and O–H groups in total. The number of thiophene rings is 1. The van der Waals surface area contributed by atoms with Crippen molar-refractivity contribution in [2.24, 2.45) is 5.92 Å². The lowest BCUT2D eigenvalue weighted by molar-refractivity contribution is 0.202. The van der Waals surface area contributed by atoms with E-state index in [4.69, 9.17) is 9.47 Å². The molecule has 0 aliphatic heterocycles. The molecule has 1 atom stereocenters. The summed E-state index contributed by atoms with van der Waals surface area (Å²) < 4.78 is 11.3. The van der Waals surface area contributed by atoms with E-state index in [9.17, 15) is 0 Å². The van der Waals surface area contributed by atoms with Crippen LogP contribution in [0.15, 0.2) is 30.6 Å². The second-order valence-electron chi connectivity index (χ2n) is 6.70. The quantitative estimate of drug-likeness (QED) is 0.660. The summed E-state index contributed by atoms with van der Waals surface area (Å²) in [5, 5.41) is 1.11. The summed E-state index contributed by atoms with van der Waals surface area (Å²) in [5.74, 6) is 2.24. The molecule has 0 bridgehead atoms. The van der Waals surface area contributed by atoms with E-state index in [0.717, 1.165) is 47.8 Å². The summed E-state index contributed by atoms with van der Waals surface area (Å²) >= 11 is 1.79. The van der Waals surface area contributed by atoms with Crippen molar-refractivity contribution in [2.45, 2.75) is 32.6 Å². The van der Waals surface area contributed by atoms with Gasteiger partial charge in [0.1, 0.15) is 16.9 Å². The summed E-state index contributed by atoms with van der Waals surface area (Å²) in [4.78, 5) is 11.4. The largest absolute Gasteiger partial charge is 0.438 e. The van der Waals surface area contributed by atoms with Gasteiger partial charge in [0.15, 0.2) is 0 Å². The van der Waals surface area contributed by atoms with Gasteiger partial charge in [-0.2, -0.15) is 0 Å². The molecule has 0 spiro atoms. The van der Waals surface area contributed by atoms with Crippen molar-refractivity contribution in [3.63, 3.8) is 0 Å². The number of hydrogen-bond acceptors (Lipinski definition) is 5. The van der Waals surface area contributed by atoms with Crippen LogP contribution in [0.25, 0.3) is 10.2 Å². The van der Waals surface area contributed by atoms with Gasteiger partial charge in [-0.15, -0.1) is 11.3 Å². The highest BCUT2D eigenvalue weighted by atomic mass is 32.1. The Morgan fingerprint density at radius 1 is 1.20 bits per heavy atom. The van der Waals surface area contributed by atoms with Gasteiger partial charge in [-0.05, 0) is 54.9 Å². The number of benzene rings is 1. The Hall–Kier alpha value is -1.98. The van der Waals surface area contributed by atoms with Gasteiger partial charge in [-0.25, -0.2) is 9.97 Å². The average molecular weight is 354 g/mol. The maximum atomic E-state index is 6.13. The number of fused-ring (bicyclic) bond motifs is 3. The molecule has 2 heterocycles. The zero-order valence-electron chi connectivity index (χ0n) is 14.6. The minimum absolute atomic E-state index is 0.682. The molecule has 4 rings (SSSR count). The Bertz CT molecular complexity index is 873. The average Bonchev–Trinajstić information content (AvgIpc) is 2.99. The predicted octanol–water partition coefficient (Wildman–Crippen LogP) is 4.80. The summed E-state index contributed by atoms with van der Waals surface area (Å²) in [6.07, 6.45) is 5.97. The molecule has 0 saturated heterocycles. The smallest absolute Gasteiger partial charge is 0.231 e. The van der Waals surface area contributed by atoms with Crippen molar-refractivity contribution >= 4 is 21.6 Å². The second kappa shape index (κ2) is 7.10. The fourth-order valence-electron chi connectivity index (χ4n) is 3.38. The SMILES string of the molecule is COCCc1ccc(Oc2ncnc3sc4c(c23)CCC(C)C4)cc1. The molecular weight excluding hydrogens is 332 g/mol. The molecule has 1 aliphatic rings. The zero-order valence-corrected chi connectivity index (χ0v) is 15.4. The van der Waals surface area contributed by atoms with Gasteiger partial charge < -0.3 is 9.47 Å². The third-order valence-electron chi connectivity index (χ3n) is 4.79. The fourth-order valence-corrected chi connectivity index (χ4v) is 4.72. The van der Waals surface area contributed by atoms with Crippen LogP contribution in [0.4, 0.5) is 0 Å². The van der Waals surface area contributed by atoms with E-state index in [1.54, 1.807) is 24.8 Å². The maximum Gasteiger partial charge on any atom is 0.231 e. The third kappa shape index (κ3) is 3.39. The second-order valence-corrected chi connectivity index (χ2v) is 7.78. The zero-order chi connectivity index (χ0) is 17.2. The molecule has 0 amide bonds. The van der Waals surface area contributed by atoms with Gasteiger partial charge in [0, 0.05) is 12.0 Å². The number of ether oxygens (including phenoxy) is 2. The molecule has 4 nitrogen and oxygen atoms in total. The molecule has 130 valence electrons. The summed E-state index contributed by atoms with van der Waals surface area (Å²) in [7, 11) is 1.72. The van der Waals surface area contributed by atoms with E-state index in [2.05, 4.69) is 29.0 Å². The first-order valence-corrected chi connectivity index (χ1v) is 9.57. The van der Waals surface area contributed by atoms with Crippen molar-refractivity contribution < 1.29 is 9.47 Å². The lowest BCUT2D eigenvalue weighted by Crippen LogP contribution is -2.08. The van der Waals surface area contributed by atoms with E-state index >= 15 is 0 Å². The number of rotatable bonds is 5. The van der Waals surface area contributed by atoms with Crippen LogP contribution in [0.3, 0.4) is 0 Å². The summed E-state index contributed by atoms with van der Waals surface area (Å²) in [6, 6.07) is 8.16. The molecule has 1 unspecified atom stereocenters. The monoisotopic (exact) mass is 354 g/mol. The molecule has 3 aromatic rings. The highest BCUT2D eigenvalue weighted by Gasteiger charge is 2.23. The van der Waals surface area contributed by atoms with Crippen molar-refractivity contribution in [1.82, 2.24) is 9.97 Å². The van der Waals surface area contributed by atoms with Crippen LogP contribution in [0.1, 0.15) is 29.3 Å². The van der Waals surface area contributed by atoms with E-state index in [1.165, 1.54) is 22.4 Å². The van der Waals surface area contributed by atoms with Crippen molar-refractivity contribution in [3.05, 3.63) is 46.6 Å². The van der Waals surface area contributed by atoms with Crippen LogP contribution in [-0.4, -0.2) is 23.7 Å². The molecular formula is C20H22N2O2S. The third-order valence-corrected chi connectivity index (χ3v) is 5.95. The minimum Gasteiger partial charge on any atom is -0.438 e. The van der Waals surface area contributed by atoms with E-state index < -0.39 is 0 Å². The van der Waals surface area contributed by atoms with Gasteiger partial charge in [-0.3, -0.25) is 0 Å². The van der Waals surface area contributed by atoms with E-state index in [0.29, 0.717) is 5.88 Å².